The van der Waals surface area contributed by atoms with E-state index in [1.807, 2.05) is 6.07 Å². The molecule has 1 amide bonds. The number of nitrogens with one attached hydrogen (secondary N) is 1. The number of hydrogen-bond acceptors (Lipinski definition) is 3. The van der Waals surface area contributed by atoms with Crippen LogP contribution >= 0.6 is 11.3 Å². The van der Waals surface area contributed by atoms with Gasteiger partial charge in [-0.1, -0.05) is 12.1 Å². The highest BCUT2D eigenvalue weighted by atomic mass is 32.1. The largest absolute Gasteiger partial charge is 0.508 e. The van der Waals surface area contributed by atoms with Crippen LogP contribution in [0.15, 0.2) is 60.7 Å². The topological polar surface area (TPSA) is 49.3 Å². The molecule has 1 aromatic heterocycles. The summed E-state index contributed by atoms with van der Waals surface area (Å²) in [7, 11) is 0. The van der Waals surface area contributed by atoms with Crippen LogP contribution in [-0.2, 0) is 5.92 Å². The molecule has 25 heavy (non-hydrogen) atoms. The first-order valence-electron chi connectivity index (χ1n) is 7.52. The lowest BCUT2D eigenvalue weighted by Crippen LogP contribution is -2.12. The minimum absolute atomic E-state index is 0.152. The van der Waals surface area contributed by atoms with Crippen molar-refractivity contribution in [1.29, 1.82) is 0 Å². The van der Waals surface area contributed by atoms with Gasteiger partial charge >= 0.3 is 0 Å². The Balaban J connectivity index is 1.77. The van der Waals surface area contributed by atoms with E-state index in [0.29, 0.717) is 10.6 Å². The fourth-order valence-electron chi connectivity index (χ4n) is 2.30. The summed E-state index contributed by atoms with van der Waals surface area (Å²) in [6, 6.07) is 15.8. The van der Waals surface area contributed by atoms with Gasteiger partial charge in [-0.2, -0.15) is 0 Å². The van der Waals surface area contributed by atoms with E-state index in [4.69, 9.17) is 0 Å². The third-order valence-electron chi connectivity index (χ3n) is 3.61. The number of carbonyl (C=O) groups is 1. The number of phenolic OH excluding ortho intramolecular Hbond substituents is 1. The summed E-state index contributed by atoms with van der Waals surface area (Å²) in [4.78, 5) is 13.7. The second-order valence-electron chi connectivity index (χ2n) is 5.63. The van der Waals surface area contributed by atoms with Crippen LogP contribution in [-0.4, -0.2) is 11.0 Å². The van der Waals surface area contributed by atoms with Crippen LogP contribution < -0.4 is 5.32 Å². The van der Waals surface area contributed by atoms with Crippen molar-refractivity contribution < 1.29 is 18.7 Å². The molecule has 0 aliphatic carbocycles. The van der Waals surface area contributed by atoms with Crippen molar-refractivity contribution in [1.82, 2.24) is 0 Å². The number of rotatable bonds is 4. The van der Waals surface area contributed by atoms with E-state index in [2.05, 4.69) is 5.32 Å². The Bertz CT molecular complexity index is 898. The Morgan fingerprint density at radius 2 is 1.80 bits per heavy atom. The highest BCUT2D eigenvalue weighted by molar-refractivity contribution is 7.17. The molecule has 0 radical (unpaired) electrons. The molecule has 0 spiro atoms. The second kappa shape index (κ2) is 6.64. The van der Waals surface area contributed by atoms with E-state index in [-0.39, 0.29) is 17.2 Å². The molecule has 128 valence electrons. The highest BCUT2D eigenvalue weighted by Gasteiger charge is 2.24. The molecule has 2 N–H and O–H groups in total. The van der Waals surface area contributed by atoms with Crippen LogP contribution in [0.5, 0.6) is 5.75 Å². The van der Waals surface area contributed by atoms with Crippen molar-refractivity contribution in [3.8, 4) is 16.2 Å². The van der Waals surface area contributed by atoms with Crippen LogP contribution in [0, 0.1) is 0 Å². The molecule has 0 unspecified atom stereocenters. The van der Waals surface area contributed by atoms with Crippen LogP contribution in [0.2, 0.25) is 0 Å². The van der Waals surface area contributed by atoms with Gasteiger partial charge in [0.2, 0.25) is 0 Å². The number of thiophene rings is 1. The quantitative estimate of drug-likeness (QED) is 0.648. The standard InChI is InChI=1S/C19H15F2NO2S/c1-19(20,21)13-3-2-4-14(11-13)22-18(24)17-10-9-16(25-17)12-5-7-15(23)8-6-12/h2-11,23H,1H3,(H,22,24). The van der Waals surface area contributed by atoms with E-state index in [1.54, 1.807) is 36.4 Å². The third-order valence-corrected chi connectivity index (χ3v) is 4.74. The molecule has 1 heterocycles. The molecule has 6 heteroatoms. The number of phenols is 1. The normalized spacial score (nSPS) is 11.3. The number of aromatic hydroxyl groups is 1. The monoisotopic (exact) mass is 359 g/mol. The summed E-state index contributed by atoms with van der Waals surface area (Å²) in [6.45, 7) is 0.817. The maximum atomic E-state index is 13.4. The Hall–Kier alpha value is -2.73. The van der Waals surface area contributed by atoms with E-state index in [0.717, 1.165) is 17.4 Å². The molecular formula is C19H15F2NO2S. The number of amides is 1. The average molecular weight is 359 g/mol. The molecule has 0 atom stereocenters. The maximum Gasteiger partial charge on any atom is 0.270 e. The zero-order valence-electron chi connectivity index (χ0n) is 13.3. The van der Waals surface area contributed by atoms with Gasteiger partial charge in [0.05, 0.1) is 4.88 Å². The minimum Gasteiger partial charge on any atom is -0.508 e. The molecule has 0 aliphatic heterocycles. The summed E-state index contributed by atoms with van der Waals surface area (Å²) < 4.78 is 26.8. The Morgan fingerprint density at radius 1 is 1.08 bits per heavy atom. The maximum absolute atomic E-state index is 13.4. The van der Waals surface area contributed by atoms with E-state index in [1.165, 1.54) is 29.5 Å². The van der Waals surface area contributed by atoms with E-state index in [9.17, 15) is 18.7 Å². The van der Waals surface area contributed by atoms with Crippen LogP contribution in [0.3, 0.4) is 0 Å². The molecular weight excluding hydrogens is 344 g/mol. The van der Waals surface area contributed by atoms with Crippen molar-refractivity contribution in [3.63, 3.8) is 0 Å². The molecule has 0 saturated carbocycles. The zero-order valence-corrected chi connectivity index (χ0v) is 14.1. The van der Waals surface area contributed by atoms with Gasteiger partial charge in [0, 0.05) is 23.1 Å². The molecule has 0 saturated heterocycles. The lowest BCUT2D eigenvalue weighted by molar-refractivity contribution is 0.0175. The highest BCUT2D eigenvalue weighted by Crippen LogP contribution is 2.31. The SMILES string of the molecule is CC(F)(F)c1cccc(NC(=O)c2ccc(-c3ccc(O)cc3)s2)c1. The molecule has 3 rings (SSSR count). The lowest BCUT2D eigenvalue weighted by Gasteiger charge is -2.12. The number of carbonyl (C=O) groups excluding carboxylic acids is 1. The van der Waals surface area contributed by atoms with Gasteiger partial charge in [-0.25, -0.2) is 8.78 Å². The first-order chi connectivity index (χ1) is 11.8. The fraction of sp³-hybridized carbons (Fsp3) is 0.105. The average Bonchev–Trinajstić information content (AvgIpc) is 3.05. The van der Waals surface area contributed by atoms with Gasteiger partial charge in [0.1, 0.15) is 5.75 Å². The first-order valence-corrected chi connectivity index (χ1v) is 8.33. The number of hydrogen-bond donors (Lipinski definition) is 2. The number of benzene rings is 2. The minimum atomic E-state index is -2.96. The van der Waals surface area contributed by atoms with Gasteiger partial charge in [0.15, 0.2) is 0 Å². The molecule has 3 aromatic rings. The van der Waals surface area contributed by atoms with Crippen molar-refractivity contribution in [2.75, 3.05) is 5.32 Å². The molecule has 0 aliphatic rings. The third kappa shape index (κ3) is 4.03. The molecule has 0 bridgehead atoms. The predicted molar refractivity (Wildman–Crippen MR) is 95.4 cm³/mol. The summed E-state index contributed by atoms with van der Waals surface area (Å²) in [5.41, 5.74) is 1.05. The predicted octanol–water partition coefficient (Wildman–Crippen LogP) is 5.48. The van der Waals surface area contributed by atoms with Crippen LogP contribution in [0.1, 0.15) is 22.2 Å². The second-order valence-corrected chi connectivity index (χ2v) is 6.72. The molecule has 2 aromatic carbocycles. The van der Waals surface area contributed by atoms with Crippen molar-refractivity contribution >= 4 is 22.9 Å². The van der Waals surface area contributed by atoms with Crippen molar-refractivity contribution in [2.24, 2.45) is 0 Å². The summed E-state index contributed by atoms with van der Waals surface area (Å²) >= 11 is 1.29. The van der Waals surface area contributed by atoms with E-state index >= 15 is 0 Å². The number of halogens is 2. The van der Waals surface area contributed by atoms with Gasteiger partial charge in [-0.3, -0.25) is 4.79 Å². The molecule has 3 nitrogen and oxygen atoms in total. The summed E-state index contributed by atoms with van der Waals surface area (Å²) in [6.07, 6.45) is 0. The Morgan fingerprint density at radius 3 is 2.48 bits per heavy atom. The van der Waals surface area contributed by atoms with Crippen LogP contribution in [0.25, 0.3) is 10.4 Å². The number of alkyl halides is 2. The zero-order chi connectivity index (χ0) is 18.0. The van der Waals surface area contributed by atoms with Gasteiger partial charge < -0.3 is 10.4 Å². The van der Waals surface area contributed by atoms with Gasteiger partial charge in [-0.15, -0.1) is 11.3 Å². The Labute approximate surface area is 147 Å². The molecule has 0 fully saturated rings. The van der Waals surface area contributed by atoms with Gasteiger partial charge in [-0.05, 0) is 54.1 Å². The fourth-order valence-corrected chi connectivity index (χ4v) is 3.21. The first kappa shape index (κ1) is 17.1. The van der Waals surface area contributed by atoms with Crippen molar-refractivity contribution in [3.05, 3.63) is 71.1 Å². The smallest absolute Gasteiger partial charge is 0.270 e. The Kier molecular flexibility index (Phi) is 4.55. The van der Waals surface area contributed by atoms with Crippen molar-refractivity contribution in [2.45, 2.75) is 12.8 Å². The summed E-state index contributed by atoms with van der Waals surface area (Å²) in [5, 5.41) is 12.0. The van der Waals surface area contributed by atoms with Crippen LogP contribution in [0.4, 0.5) is 14.5 Å². The summed E-state index contributed by atoms with van der Waals surface area (Å²) in [5.74, 6) is -3.15. The van der Waals surface area contributed by atoms with Gasteiger partial charge in [0.25, 0.3) is 11.8 Å². The number of anilines is 1. The lowest BCUT2D eigenvalue weighted by atomic mass is 10.1. The van der Waals surface area contributed by atoms with E-state index < -0.39 is 5.92 Å².